The summed E-state index contributed by atoms with van der Waals surface area (Å²) in [6, 6.07) is 38.1. The summed E-state index contributed by atoms with van der Waals surface area (Å²) < 4.78 is 37.8. The van der Waals surface area contributed by atoms with E-state index in [9.17, 15) is 0 Å². The molecule has 0 aliphatic heterocycles. The van der Waals surface area contributed by atoms with Crippen molar-refractivity contribution in [1.29, 1.82) is 0 Å². The van der Waals surface area contributed by atoms with E-state index in [0.29, 0.717) is 17.2 Å². The molecule has 0 saturated carbocycles. The minimum Gasteiger partial charge on any atom is -0.385 e. The third-order valence-electron chi connectivity index (χ3n) is 14.9. The van der Waals surface area contributed by atoms with Crippen LogP contribution in [0.1, 0.15) is 230 Å². The molecule has 0 aromatic heterocycles. The zero-order chi connectivity index (χ0) is 49.6. The van der Waals surface area contributed by atoms with E-state index in [2.05, 4.69) is 130 Å². The van der Waals surface area contributed by atoms with Crippen LogP contribution in [-0.4, -0.2) is 0 Å². The summed E-state index contributed by atoms with van der Waals surface area (Å²) in [6.45, 7) is 6.86. The smallest absolute Gasteiger partial charge is 0.385 e. The average molecular weight is 981 g/mol. The van der Waals surface area contributed by atoms with Crippen molar-refractivity contribution in [3.63, 3.8) is 0 Å². The third-order valence-corrected chi connectivity index (χ3v) is 16.1. The lowest BCUT2D eigenvalue weighted by Crippen LogP contribution is -2.12. The molecule has 0 aliphatic rings. The number of hydrogen-bond acceptors (Lipinski definition) is 4. The second-order valence-electron chi connectivity index (χ2n) is 20.8. The van der Waals surface area contributed by atoms with Crippen molar-refractivity contribution < 1.29 is 18.1 Å². The molecule has 5 heteroatoms. The highest BCUT2D eigenvalue weighted by Crippen LogP contribution is 2.55. The number of rotatable bonds is 39. The van der Waals surface area contributed by atoms with E-state index in [0.717, 1.165) is 107 Å². The highest BCUT2D eigenvalue weighted by molar-refractivity contribution is 7.49. The van der Waals surface area contributed by atoms with Crippen LogP contribution in [0.4, 0.5) is 0 Å². The fraction of sp³-hybridized carbons (Fsp3) is 0.545. The Morgan fingerprint density at radius 2 is 0.507 bits per heavy atom. The summed E-state index contributed by atoms with van der Waals surface area (Å²) in [7, 11) is -4.48. The van der Waals surface area contributed by atoms with Crippen molar-refractivity contribution >= 4 is 40.1 Å². The number of unbranched alkanes of at least 4 members (excludes halogenated alkanes) is 27. The molecule has 0 amide bonds. The Labute approximate surface area is 432 Å². The minimum absolute atomic E-state index is 0.607. The molecule has 0 fully saturated rings. The van der Waals surface area contributed by atoms with Gasteiger partial charge in [0.15, 0.2) is 0 Å². The maximum Gasteiger partial charge on any atom is 0.647 e. The highest BCUT2D eigenvalue weighted by atomic mass is 31.2. The van der Waals surface area contributed by atoms with Crippen molar-refractivity contribution in [2.45, 2.75) is 233 Å². The predicted molar refractivity (Wildman–Crippen MR) is 308 cm³/mol. The van der Waals surface area contributed by atoms with Gasteiger partial charge in [-0.2, -0.15) is 4.57 Å². The van der Waals surface area contributed by atoms with Crippen LogP contribution in [0.25, 0.3) is 32.3 Å². The molecule has 71 heavy (non-hydrogen) atoms. The molecule has 0 heterocycles. The number of fused-ring (bicyclic) bond motifs is 3. The van der Waals surface area contributed by atoms with E-state index in [1.165, 1.54) is 154 Å². The Bertz CT molecular complexity index is 2190. The van der Waals surface area contributed by atoms with Gasteiger partial charge in [0.2, 0.25) is 0 Å². The molecule has 0 saturated heterocycles. The van der Waals surface area contributed by atoms with Crippen molar-refractivity contribution in [2.24, 2.45) is 0 Å². The maximum atomic E-state index is 16.5. The van der Waals surface area contributed by atoms with Gasteiger partial charge in [-0.1, -0.05) is 303 Å². The number of aryl methyl sites for hydroxylation is 3. The van der Waals surface area contributed by atoms with Gasteiger partial charge in [0.05, 0.1) is 0 Å². The fourth-order valence-corrected chi connectivity index (χ4v) is 12.0. The maximum absolute atomic E-state index is 16.5. The predicted octanol–water partition coefficient (Wildman–Crippen LogP) is 22.2. The molecule has 0 bridgehead atoms. The first kappa shape index (κ1) is 56.0. The topological polar surface area (TPSA) is 44.8 Å². The molecule has 0 aliphatic carbocycles. The van der Waals surface area contributed by atoms with Crippen molar-refractivity contribution in [1.82, 2.24) is 0 Å². The van der Waals surface area contributed by atoms with Crippen LogP contribution in [0.15, 0.2) is 109 Å². The highest BCUT2D eigenvalue weighted by Gasteiger charge is 2.37. The van der Waals surface area contributed by atoms with Crippen molar-refractivity contribution in [3.8, 4) is 17.2 Å². The van der Waals surface area contributed by atoms with Crippen LogP contribution in [0.5, 0.6) is 17.2 Å². The fourth-order valence-electron chi connectivity index (χ4n) is 10.6. The Morgan fingerprint density at radius 3 is 0.761 bits per heavy atom. The molecular weight excluding hydrogens is 888 g/mol. The molecule has 0 radical (unpaired) electrons. The number of phosphoric ester groups is 1. The summed E-state index contributed by atoms with van der Waals surface area (Å²) in [5.74, 6) is 1.82. The van der Waals surface area contributed by atoms with Gasteiger partial charge in [-0.15, -0.1) is 0 Å². The van der Waals surface area contributed by atoms with Gasteiger partial charge in [-0.05, 0) is 71.4 Å². The van der Waals surface area contributed by atoms with Gasteiger partial charge in [0.25, 0.3) is 0 Å². The lowest BCUT2D eigenvalue weighted by molar-refractivity contribution is 0.298. The minimum atomic E-state index is -4.48. The van der Waals surface area contributed by atoms with E-state index in [4.69, 9.17) is 13.6 Å². The third kappa shape index (κ3) is 18.9. The summed E-state index contributed by atoms with van der Waals surface area (Å²) in [6.07, 6.45) is 40.6. The summed E-state index contributed by atoms with van der Waals surface area (Å²) >= 11 is 0. The monoisotopic (exact) mass is 981 g/mol. The van der Waals surface area contributed by atoms with Gasteiger partial charge in [-0.3, -0.25) is 0 Å². The van der Waals surface area contributed by atoms with Gasteiger partial charge < -0.3 is 13.6 Å². The zero-order valence-electron chi connectivity index (χ0n) is 44.8. The Kier molecular flexibility index (Phi) is 25.8. The summed E-state index contributed by atoms with van der Waals surface area (Å²) in [5.41, 5.74) is 3.13. The molecule has 0 atom stereocenters. The van der Waals surface area contributed by atoms with E-state index in [1.807, 2.05) is 0 Å². The Balaban J connectivity index is 1.30. The van der Waals surface area contributed by atoms with Crippen molar-refractivity contribution in [2.75, 3.05) is 0 Å². The quantitative estimate of drug-likeness (QED) is 0.0285. The molecule has 0 N–H and O–H groups in total. The molecule has 386 valence electrons. The normalized spacial score (nSPS) is 11.8. The summed E-state index contributed by atoms with van der Waals surface area (Å²) in [4.78, 5) is 0. The molecule has 0 unspecified atom stereocenters. The lowest BCUT2D eigenvalue weighted by atomic mass is 10.00. The standard InChI is InChI=1S/C66H93O4P/c1-4-7-10-13-16-19-22-25-28-31-43-58-52-49-55-40-34-37-46-61(55)64(58)68-71(67,69-65-59(53-50-56-41-35-38-47-62(56)65)44-32-29-26-23-20-17-14-11-8-5-2)70-66-60(54-51-57-42-36-39-48-63(57)66)45-33-30-27-24-21-18-15-12-9-6-3/h34-42,46-54H,4-33,43-45H2,1-3H3. The largest absolute Gasteiger partial charge is 0.647 e. The van der Waals surface area contributed by atoms with Crippen LogP contribution in [0, 0.1) is 0 Å². The molecule has 6 aromatic rings. The van der Waals surface area contributed by atoms with Crippen LogP contribution in [0.2, 0.25) is 0 Å². The molecule has 4 nitrogen and oxygen atoms in total. The van der Waals surface area contributed by atoms with Crippen LogP contribution >= 0.6 is 7.82 Å². The van der Waals surface area contributed by atoms with Gasteiger partial charge in [0, 0.05) is 16.2 Å². The van der Waals surface area contributed by atoms with Crippen molar-refractivity contribution in [3.05, 3.63) is 126 Å². The molecular formula is C66H93O4P. The number of hydrogen-bond donors (Lipinski definition) is 0. The molecule has 6 aromatic carbocycles. The Hall–Kier alpha value is -4.27. The first-order valence-corrected chi connectivity index (χ1v) is 30.7. The first-order valence-electron chi connectivity index (χ1n) is 29.2. The zero-order valence-corrected chi connectivity index (χ0v) is 45.7. The van der Waals surface area contributed by atoms with Gasteiger partial charge in [0.1, 0.15) is 17.2 Å². The van der Waals surface area contributed by atoms with E-state index in [-0.39, 0.29) is 0 Å². The second-order valence-corrected chi connectivity index (χ2v) is 22.3. The molecule has 0 spiro atoms. The lowest BCUT2D eigenvalue weighted by Gasteiger charge is -2.25. The van der Waals surface area contributed by atoms with E-state index in [1.54, 1.807) is 0 Å². The molecule has 6 rings (SSSR count). The van der Waals surface area contributed by atoms with Crippen LogP contribution < -0.4 is 13.6 Å². The van der Waals surface area contributed by atoms with E-state index < -0.39 is 7.82 Å². The first-order chi connectivity index (χ1) is 35.0. The number of phosphoric acid groups is 1. The van der Waals surface area contributed by atoms with Crippen LogP contribution in [0.3, 0.4) is 0 Å². The second kappa shape index (κ2) is 32.7. The average Bonchev–Trinajstić information content (AvgIpc) is 3.39. The van der Waals surface area contributed by atoms with Gasteiger partial charge >= 0.3 is 7.82 Å². The SMILES string of the molecule is CCCCCCCCCCCCc1ccc2ccccc2c1OP(=O)(Oc1c(CCCCCCCCCCCC)ccc2ccccc12)Oc1c(CCCCCCCCCCCC)ccc2ccccc12. The van der Waals surface area contributed by atoms with E-state index >= 15 is 4.57 Å². The Morgan fingerprint density at radius 1 is 0.282 bits per heavy atom. The number of benzene rings is 6. The van der Waals surface area contributed by atoms with Crippen LogP contribution in [-0.2, 0) is 23.8 Å². The van der Waals surface area contributed by atoms with Gasteiger partial charge in [-0.25, -0.2) is 0 Å². The summed E-state index contributed by atoms with van der Waals surface area (Å²) in [5, 5.41) is 5.91.